The molecule has 33 heavy (non-hydrogen) atoms. The van der Waals surface area contributed by atoms with E-state index in [9.17, 15) is 24.5 Å². The molecule has 1 heterocycles. The van der Waals surface area contributed by atoms with Gasteiger partial charge in [0.2, 0.25) is 11.5 Å². The average molecular weight is 472 g/mol. The zero-order valence-corrected chi connectivity index (χ0v) is 18.8. The quantitative estimate of drug-likeness (QED) is 0.184. The highest BCUT2D eigenvalue weighted by atomic mass is 32.2. The molecule has 0 radical (unpaired) electrons. The molecule has 2 aromatic rings. The summed E-state index contributed by atoms with van der Waals surface area (Å²) < 4.78 is 15.6. The first-order chi connectivity index (χ1) is 15.7. The Bertz CT molecular complexity index is 1140. The largest absolute Gasteiger partial charge is 0.492 e. The van der Waals surface area contributed by atoms with Crippen LogP contribution in [0.15, 0.2) is 41.3 Å². The van der Waals surface area contributed by atoms with Gasteiger partial charge in [-0.1, -0.05) is 17.7 Å². The summed E-state index contributed by atoms with van der Waals surface area (Å²) in [5.74, 6) is -1.16. The van der Waals surface area contributed by atoms with E-state index < -0.39 is 27.7 Å². The molecule has 3 rings (SSSR count). The number of ether oxygens (including phenoxy) is 3. The standard InChI is InChI=1S/C22H20N2O8S/c1-13-4-7-16(8-5-13)31-11-10-23-21(26)18(33-22(23)27)12-15-6-9-17(32-14(2)25)19(24(28)29)20(15)30-3/h4-9,12H,10-11H2,1-3H3/b18-12-. The van der Waals surface area contributed by atoms with Gasteiger partial charge in [0.15, 0.2) is 0 Å². The van der Waals surface area contributed by atoms with Gasteiger partial charge in [-0.25, -0.2) is 0 Å². The molecule has 1 fully saturated rings. The Balaban J connectivity index is 1.80. The molecule has 1 aliphatic rings. The van der Waals surface area contributed by atoms with Crippen LogP contribution in [-0.4, -0.2) is 47.2 Å². The van der Waals surface area contributed by atoms with Crippen LogP contribution in [0.25, 0.3) is 6.08 Å². The maximum Gasteiger partial charge on any atom is 0.353 e. The minimum Gasteiger partial charge on any atom is -0.492 e. The van der Waals surface area contributed by atoms with Gasteiger partial charge >= 0.3 is 11.7 Å². The summed E-state index contributed by atoms with van der Waals surface area (Å²) in [6, 6.07) is 9.99. The first-order valence-electron chi connectivity index (χ1n) is 9.70. The fraction of sp³-hybridized carbons (Fsp3) is 0.227. The molecule has 0 unspecified atom stereocenters. The Kier molecular flexibility index (Phi) is 7.34. The molecule has 0 bridgehead atoms. The monoisotopic (exact) mass is 472 g/mol. The van der Waals surface area contributed by atoms with Crippen molar-refractivity contribution < 1.29 is 33.5 Å². The van der Waals surface area contributed by atoms with E-state index in [0.717, 1.165) is 17.4 Å². The van der Waals surface area contributed by atoms with E-state index in [4.69, 9.17) is 14.2 Å². The van der Waals surface area contributed by atoms with Crippen molar-refractivity contribution in [2.24, 2.45) is 0 Å². The third-order valence-electron chi connectivity index (χ3n) is 4.53. The lowest BCUT2D eigenvalue weighted by molar-refractivity contribution is -0.386. The number of methoxy groups -OCH3 is 1. The highest BCUT2D eigenvalue weighted by molar-refractivity contribution is 8.18. The summed E-state index contributed by atoms with van der Waals surface area (Å²) in [6.45, 7) is 3.21. The average Bonchev–Trinajstić information content (AvgIpc) is 3.02. The summed E-state index contributed by atoms with van der Waals surface area (Å²) >= 11 is 0.705. The van der Waals surface area contributed by atoms with E-state index in [1.165, 1.54) is 25.3 Å². The summed E-state index contributed by atoms with van der Waals surface area (Å²) in [7, 11) is 1.21. The van der Waals surface area contributed by atoms with E-state index in [1.807, 2.05) is 19.1 Å². The summed E-state index contributed by atoms with van der Waals surface area (Å²) in [5.41, 5.74) is 0.698. The van der Waals surface area contributed by atoms with Crippen LogP contribution >= 0.6 is 11.8 Å². The molecule has 10 nitrogen and oxygen atoms in total. The highest BCUT2D eigenvalue weighted by Gasteiger charge is 2.36. The smallest absolute Gasteiger partial charge is 0.353 e. The summed E-state index contributed by atoms with van der Waals surface area (Å²) in [6.07, 6.45) is 1.33. The van der Waals surface area contributed by atoms with Crippen LogP contribution in [0.2, 0.25) is 0 Å². The van der Waals surface area contributed by atoms with Crippen molar-refractivity contribution in [1.82, 2.24) is 4.90 Å². The summed E-state index contributed by atoms with van der Waals surface area (Å²) in [5, 5.41) is 11.1. The van der Waals surface area contributed by atoms with Gasteiger partial charge in [0.05, 0.1) is 23.5 Å². The molecule has 2 aromatic carbocycles. The number of carbonyl (C=O) groups is 3. The Hall–Kier alpha value is -3.86. The fourth-order valence-corrected chi connectivity index (χ4v) is 3.89. The number of benzene rings is 2. The van der Waals surface area contributed by atoms with Crippen LogP contribution in [0, 0.1) is 17.0 Å². The predicted octanol–water partition coefficient (Wildman–Crippen LogP) is 3.95. The second-order valence-corrected chi connectivity index (χ2v) is 7.87. The van der Waals surface area contributed by atoms with Gasteiger partial charge < -0.3 is 14.2 Å². The van der Waals surface area contributed by atoms with E-state index >= 15 is 0 Å². The second kappa shape index (κ2) is 10.2. The Morgan fingerprint density at radius 3 is 2.48 bits per heavy atom. The number of esters is 1. The predicted molar refractivity (Wildman–Crippen MR) is 120 cm³/mol. The molecular weight excluding hydrogens is 452 g/mol. The molecule has 0 spiro atoms. The Labute approximate surface area is 193 Å². The normalized spacial score (nSPS) is 14.5. The minimum absolute atomic E-state index is 0.0402. The van der Waals surface area contributed by atoms with Crippen molar-refractivity contribution in [1.29, 1.82) is 0 Å². The SMILES string of the molecule is COc1c(/C=C2\SC(=O)N(CCOc3ccc(C)cc3)C2=O)ccc(OC(C)=O)c1[N+](=O)[O-]. The molecule has 0 atom stereocenters. The lowest BCUT2D eigenvalue weighted by Crippen LogP contribution is -2.32. The lowest BCUT2D eigenvalue weighted by Gasteiger charge is -2.13. The molecule has 1 aliphatic heterocycles. The van der Waals surface area contributed by atoms with Crippen molar-refractivity contribution in [2.45, 2.75) is 13.8 Å². The Morgan fingerprint density at radius 1 is 1.18 bits per heavy atom. The maximum absolute atomic E-state index is 12.8. The van der Waals surface area contributed by atoms with Crippen LogP contribution in [0.4, 0.5) is 10.5 Å². The molecule has 0 N–H and O–H groups in total. The number of nitro benzene ring substituents is 1. The fourth-order valence-electron chi connectivity index (χ4n) is 3.03. The zero-order valence-electron chi connectivity index (χ0n) is 18.0. The number of aryl methyl sites for hydroxylation is 1. The lowest BCUT2D eigenvalue weighted by atomic mass is 10.1. The van der Waals surface area contributed by atoms with Gasteiger partial charge in [-0.2, -0.15) is 0 Å². The molecule has 1 saturated heterocycles. The van der Waals surface area contributed by atoms with E-state index in [-0.39, 0.29) is 35.1 Å². The minimum atomic E-state index is -0.747. The summed E-state index contributed by atoms with van der Waals surface area (Å²) in [4.78, 5) is 48.3. The van der Waals surface area contributed by atoms with Gasteiger partial charge in [0.25, 0.3) is 11.1 Å². The van der Waals surface area contributed by atoms with Crippen molar-refractivity contribution in [2.75, 3.05) is 20.3 Å². The van der Waals surface area contributed by atoms with Crippen LogP contribution in [-0.2, 0) is 9.59 Å². The van der Waals surface area contributed by atoms with Crippen LogP contribution in [0.5, 0.6) is 17.2 Å². The number of nitro groups is 1. The maximum atomic E-state index is 12.8. The van der Waals surface area contributed by atoms with Crippen LogP contribution < -0.4 is 14.2 Å². The Morgan fingerprint density at radius 2 is 1.88 bits per heavy atom. The third kappa shape index (κ3) is 5.50. The van der Waals surface area contributed by atoms with Gasteiger partial charge in [0.1, 0.15) is 12.4 Å². The van der Waals surface area contributed by atoms with Gasteiger partial charge in [0, 0.05) is 12.5 Å². The number of hydrogen-bond donors (Lipinski definition) is 0. The number of amides is 2. The van der Waals surface area contributed by atoms with Gasteiger partial charge in [-0.3, -0.25) is 29.4 Å². The van der Waals surface area contributed by atoms with E-state index in [2.05, 4.69) is 0 Å². The van der Waals surface area contributed by atoms with Gasteiger partial charge in [-0.15, -0.1) is 0 Å². The van der Waals surface area contributed by atoms with Gasteiger partial charge in [-0.05, 0) is 49.0 Å². The molecule has 2 amide bonds. The first kappa shape index (κ1) is 23.8. The number of carbonyl (C=O) groups excluding carboxylic acids is 3. The molecule has 11 heteroatoms. The van der Waals surface area contributed by atoms with Crippen LogP contribution in [0.3, 0.4) is 0 Å². The number of imide groups is 1. The van der Waals surface area contributed by atoms with Crippen molar-refractivity contribution >= 4 is 40.6 Å². The van der Waals surface area contributed by atoms with Crippen molar-refractivity contribution in [3.8, 4) is 17.2 Å². The number of rotatable bonds is 8. The van der Waals surface area contributed by atoms with Crippen LogP contribution in [0.1, 0.15) is 18.1 Å². The molecule has 0 saturated carbocycles. The second-order valence-electron chi connectivity index (χ2n) is 6.88. The number of nitrogens with zero attached hydrogens (tertiary/aromatic N) is 2. The molecule has 0 aromatic heterocycles. The van der Waals surface area contributed by atoms with E-state index in [1.54, 1.807) is 12.1 Å². The molecular formula is C22H20N2O8S. The highest BCUT2D eigenvalue weighted by Crippen LogP contribution is 2.42. The van der Waals surface area contributed by atoms with Crippen molar-refractivity contribution in [3.63, 3.8) is 0 Å². The van der Waals surface area contributed by atoms with E-state index in [0.29, 0.717) is 17.5 Å². The number of thioether (sulfide) groups is 1. The topological polar surface area (TPSA) is 125 Å². The number of hydrogen-bond acceptors (Lipinski definition) is 9. The molecule has 0 aliphatic carbocycles. The zero-order chi connectivity index (χ0) is 24.1. The first-order valence-corrected chi connectivity index (χ1v) is 10.5. The third-order valence-corrected chi connectivity index (χ3v) is 5.44. The van der Waals surface area contributed by atoms with Crippen molar-refractivity contribution in [3.05, 3.63) is 62.5 Å². The molecule has 172 valence electrons.